The molecule has 0 atom stereocenters. The Balaban J connectivity index is 2.25. The van der Waals surface area contributed by atoms with Crippen LogP contribution in [0.3, 0.4) is 0 Å². The van der Waals surface area contributed by atoms with Gasteiger partial charge in [-0.1, -0.05) is 42.5 Å². The lowest BCUT2D eigenvalue weighted by Crippen LogP contribution is -2.05. The van der Waals surface area contributed by atoms with Crippen molar-refractivity contribution in [1.29, 1.82) is 0 Å². The van der Waals surface area contributed by atoms with Crippen LogP contribution in [0.4, 0.5) is 0 Å². The van der Waals surface area contributed by atoms with Crippen LogP contribution in [-0.2, 0) is 4.79 Å². The minimum atomic E-state index is -0.157. The van der Waals surface area contributed by atoms with Crippen molar-refractivity contribution < 1.29 is 9.59 Å². The Bertz CT molecular complexity index is 624. The molecule has 90 valence electrons. The molecule has 0 aromatic heterocycles. The van der Waals surface area contributed by atoms with Crippen molar-refractivity contribution in [3.63, 3.8) is 0 Å². The average molecular weight is 238 g/mol. The van der Waals surface area contributed by atoms with Crippen LogP contribution in [0.15, 0.2) is 54.6 Å². The molecule has 0 aliphatic rings. The molecule has 2 heteroatoms. The molecule has 18 heavy (non-hydrogen) atoms. The maximum absolute atomic E-state index is 11.9. The molecule has 0 aliphatic heterocycles. The highest BCUT2D eigenvalue weighted by Gasteiger charge is 2.09. The summed E-state index contributed by atoms with van der Waals surface area (Å²) in [6.45, 7) is 1.76. The summed E-state index contributed by atoms with van der Waals surface area (Å²) in [7, 11) is 0. The molecule has 2 aromatic rings. The second kappa shape index (κ2) is 5.41. The lowest BCUT2D eigenvalue weighted by Gasteiger charge is -2.01. The van der Waals surface area contributed by atoms with Gasteiger partial charge in [-0.15, -0.1) is 0 Å². The number of benzene rings is 2. The molecule has 0 saturated heterocycles. The number of fused-ring (bicyclic) bond motifs is 1. The number of hydrogen-bond acceptors (Lipinski definition) is 2. The van der Waals surface area contributed by atoms with Crippen LogP contribution >= 0.6 is 0 Å². The van der Waals surface area contributed by atoms with Gasteiger partial charge in [0.2, 0.25) is 0 Å². The van der Waals surface area contributed by atoms with Crippen molar-refractivity contribution in [2.45, 2.75) is 13.3 Å². The van der Waals surface area contributed by atoms with E-state index in [0.717, 1.165) is 10.8 Å². The van der Waals surface area contributed by atoms with Crippen LogP contribution < -0.4 is 0 Å². The number of hydrogen-bond donors (Lipinski definition) is 0. The maximum atomic E-state index is 11.9. The lowest BCUT2D eigenvalue weighted by atomic mass is 10.0. The topological polar surface area (TPSA) is 34.1 Å². The second-order valence-corrected chi connectivity index (χ2v) is 4.13. The predicted molar refractivity (Wildman–Crippen MR) is 72.7 cm³/mol. The van der Waals surface area contributed by atoms with Gasteiger partial charge in [0.1, 0.15) is 0 Å². The van der Waals surface area contributed by atoms with E-state index in [-0.39, 0.29) is 18.0 Å². The number of Topliss-reactive ketones (excluding diaryl/α,β-unsaturated/α-hetero) is 1. The minimum Gasteiger partial charge on any atom is -0.294 e. The summed E-state index contributed by atoms with van der Waals surface area (Å²) >= 11 is 0. The van der Waals surface area contributed by atoms with Gasteiger partial charge in [0.05, 0.1) is 6.42 Å². The van der Waals surface area contributed by atoms with Gasteiger partial charge >= 0.3 is 0 Å². The van der Waals surface area contributed by atoms with E-state index in [0.29, 0.717) is 5.56 Å². The van der Waals surface area contributed by atoms with Crippen LogP contribution in [0.25, 0.3) is 10.8 Å². The zero-order valence-electron chi connectivity index (χ0n) is 10.2. The Hall–Kier alpha value is -2.22. The van der Waals surface area contributed by atoms with Crippen LogP contribution in [-0.4, -0.2) is 11.6 Å². The molecular weight excluding hydrogens is 224 g/mol. The highest BCUT2D eigenvalue weighted by molar-refractivity contribution is 6.12. The lowest BCUT2D eigenvalue weighted by molar-refractivity contribution is -0.113. The Labute approximate surface area is 106 Å². The summed E-state index contributed by atoms with van der Waals surface area (Å²) < 4.78 is 0. The molecular formula is C16H14O2. The first-order valence-electron chi connectivity index (χ1n) is 5.88. The fourth-order valence-electron chi connectivity index (χ4n) is 1.87. The highest BCUT2D eigenvalue weighted by atomic mass is 16.1. The maximum Gasteiger partial charge on any atom is 0.170 e. The first-order chi connectivity index (χ1) is 8.70. The Kier molecular flexibility index (Phi) is 3.68. The van der Waals surface area contributed by atoms with Crippen molar-refractivity contribution in [3.8, 4) is 0 Å². The normalized spacial score (nSPS) is 10.9. The van der Waals surface area contributed by atoms with Crippen LogP contribution in [0.5, 0.6) is 0 Å². The third-order valence-electron chi connectivity index (χ3n) is 2.76. The van der Waals surface area contributed by atoms with E-state index in [1.165, 1.54) is 6.08 Å². The molecule has 0 unspecified atom stereocenters. The van der Waals surface area contributed by atoms with E-state index in [2.05, 4.69) is 0 Å². The van der Waals surface area contributed by atoms with E-state index < -0.39 is 0 Å². The number of ketones is 2. The molecule has 2 nitrogen and oxygen atoms in total. The van der Waals surface area contributed by atoms with Gasteiger partial charge < -0.3 is 0 Å². The molecule has 0 heterocycles. The SMILES string of the molecule is CC=CC(=O)CC(=O)c1ccc2ccccc2c1. The number of rotatable bonds is 4. The quantitative estimate of drug-likeness (QED) is 0.463. The zero-order valence-corrected chi connectivity index (χ0v) is 10.2. The summed E-state index contributed by atoms with van der Waals surface area (Å²) in [5.74, 6) is -0.292. The average Bonchev–Trinajstić information content (AvgIpc) is 2.38. The summed E-state index contributed by atoms with van der Waals surface area (Å²) in [6.07, 6.45) is 3.01. The number of allylic oxidation sites excluding steroid dienone is 2. The molecule has 0 amide bonds. The monoisotopic (exact) mass is 238 g/mol. The largest absolute Gasteiger partial charge is 0.294 e. The predicted octanol–water partition coefficient (Wildman–Crippen LogP) is 3.56. The molecule has 0 spiro atoms. The van der Waals surface area contributed by atoms with E-state index >= 15 is 0 Å². The number of carbonyl (C=O) groups excluding carboxylic acids is 2. The van der Waals surface area contributed by atoms with E-state index in [9.17, 15) is 9.59 Å². The van der Waals surface area contributed by atoms with Gasteiger partial charge in [-0.05, 0) is 29.8 Å². The molecule has 0 N–H and O–H groups in total. The second-order valence-electron chi connectivity index (χ2n) is 4.13. The minimum absolute atomic E-state index is 0.0668. The number of carbonyl (C=O) groups is 2. The van der Waals surface area contributed by atoms with Crippen molar-refractivity contribution in [1.82, 2.24) is 0 Å². The van der Waals surface area contributed by atoms with Gasteiger partial charge in [-0.3, -0.25) is 9.59 Å². The van der Waals surface area contributed by atoms with Gasteiger partial charge in [0, 0.05) is 5.56 Å². The smallest absolute Gasteiger partial charge is 0.170 e. The fraction of sp³-hybridized carbons (Fsp3) is 0.125. The van der Waals surface area contributed by atoms with Gasteiger partial charge in [-0.25, -0.2) is 0 Å². The van der Waals surface area contributed by atoms with E-state index in [1.807, 2.05) is 36.4 Å². The third kappa shape index (κ3) is 2.72. The molecule has 2 rings (SSSR count). The fourth-order valence-corrected chi connectivity index (χ4v) is 1.87. The van der Waals surface area contributed by atoms with Crippen LogP contribution in [0.1, 0.15) is 23.7 Å². The first-order valence-corrected chi connectivity index (χ1v) is 5.88. The van der Waals surface area contributed by atoms with Gasteiger partial charge in [0.15, 0.2) is 11.6 Å². The zero-order chi connectivity index (χ0) is 13.0. The summed E-state index contributed by atoms with van der Waals surface area (Å²) in [4.78, 5) is 23.3. The summed E-state index contributed by atoms with van der Waals surface area (Å²) in [5, 5.41) is 2.11. The Morgan fingerprint density at radius 3 is 2.50 bits per heavy atom. The van der Waals surface area contributed by atoms with Crippen LogP contribution in [0, 0.1) is 0 Å². The highest BCUT2D eigenvalue weighted by Crippen LogP contribution is 2.16. The van der Waals surface area contributed by atoms with Crippen LogP contribution in [0.2, 0.25) is 0 Å². The van der Waals surface area contributed by atoms with Crippen molar-refractivity contribution >= 4 is 22.3 Å². The molecule has 0 saturated carbocycles. The summed E-state index contributed by atoms with van der Waals surface area (Å²) in [6, 6.07) is 13.4. The molecule has 0 aliphatic carbocycles. The third-order valence-corrected chi connectivity index (χ3v) is 2.76. The molecule has 0 fully saturated rings. The Morgan fingerprint density at radius 1 is 1.06 bits per heavy atom. The van der Waals surface area contributed by atoms with Gasteiger partial charge in [0.25, 0.3) is 0 Å². The van der Waals surface area contributed by atoms with E-state index in [1.54, 1.807) is 19.1 Å². The Morgan fingerprint density at radius 2 is 1.78 bits per heavy atom. The summed E-state index contributed by atoms with van der Waals surface area (Å²) in [5.41, 5.74) is 0.589. The molecule has 2 aromatic carbocycles. The molecule has 0 radical (unpaired) electrons. The van der Waals surface area contributed by atoms with E-state index in [4.69, 9.17) is 0 Å². The standard InChI is InChI=1S/C16H14O2/c1-2-5-15(17)11-16(18)14-9-8-12-6-3-4-7-13(12)10-14/h2-10H,11H2,1H3. The first kappa shape index (κ1) is 12.2. The van der Waals surface area contributed by atoms with Crippen molar-refractivity contribution in [2.75, 3.05) is 0 Å². The van der Waals surface area contributed by atoms with Crippen molar-refractivity contribution in [2.24, 2.45) is 0 Å². The molecule has 0 bridgehead atoms. The van der Waals surface area contributed by atoms with Crippen molar-refractivity contribution in [3.05, 3.63) is 60.2 Å². The van der Waals surface area contributed by atoms with Gasteiger partial charge in [-0.2, -0.15) is 0 Å².